The van der Waals surface area contributed by atoms with E-state index >= 15 is 0 Å². The van der Waals surface area contributed by atoms with Crippen LogP contribution in [0.4, 0.5) is 18.9 Å². The minimum absolute atomic E-state index is 0.00200. The van der Waals surface area contributed by atoms with E-state index in [1.807, 2.05) is 4.90 Å². The molecule has 2 aliphatic rings. The maximum atomic E-state index is 13.6. The summed E-state index contributed by atoms with van der Waals surface area (Å²) in [5, 5.41) is 4.27. The number of hydrogen-bond donors (Lipinski definition) is 0. The Balaban J connectivity index is 1.56. The Morgan fingerprint density at radius 2 is 1.97 bits per heavy atom. The van der Waals surface area contributed by atoms with Crippen molar-refractivity contribution in [3.8, 4) is 0 Å². The number of methoxy groups -OCH3 is 1. The number of anilines is 1. The van der Waals surface area contributed by atoms with Crippen LogP contribution < -0.4 is 10.5 Å². The van der Waals surface area contributed by atoms with E-state index in [1.165, 1.54) is 36.2 Å². The van der Waals surface area contributed by atoms with E-state index in [2.05, 4.69) is 5.10 Å². The molecule has 0 spiro atoms. The van der Waals surface area contributed by atoms with Crippen molar-refractivity contribution < 1.29 is 27.4 Å². The zero-order chi connectivity index (χ0) is 25.2. The molecule has 1 aromatic carbocycles. The maximum Gasteiger partial charge on any atom is 0.416 e. The first-order valence-electron chi connectivity index (χ1n) is 11.5. The van der Waals surface area contributed by atoms with Gasteiger partial charge in [-0.2, -0.15) is 23.0 Å². The van der Waals surface area contributed by atoms with Gasteiger partial charge in [0.05, 0.1) is 30.0 Å². The minimum Gasteiger partial charge on any atom is -0.469 e. The average molecular weight is 514 g/mol. The Hall–Kier alpha value is -2.59. The molecule has 2 fully saturated rings. The number of alkyl halides is 3. The number of rotatable bonds is 5. The highest BCUT2D eigenvalue weighted by molar-refractivity contribution is 6.33. The van der Waals surface area contributed by atoms with Crippen molar-refractivity contribution >= 4 is 23.3 Å². The molecule has 4 rings (SSSR count). The van der Waals surface area contributed by atoms with Gasteiger partial charge in [0.1, 0.15) is 5.02 Å². The predicted molar refractivity (Wildman–Crippen MR) is 123 cm³/mol. The molecule has 190 valence electrons. The van der Waals surface area contributed by atoms with Gasteiger partial charge in [-0.25, -0.2) is 0 Å². The molecule has 0 bridgehead atoms. The Bertz CT molecular complexity index is 1120. The summed E-state index contributed by atoms with van der Waals surface area (Å²) in [5.41, 5.74) is -1.87. The summed E-state index contributed by atoms with van der Waals surface area (Å²) in [6.45, 7) is 1.15. The maximum absolute atomic E-state index is 13.6. The Morgan fingerprint density at radius 3 is 2.60 bits per heavy atom. The monoisotopic (exact) mass is 513 g/mol. The molecule has 1 aromatic heterocycles. The van der Waals surface area contributed by atoms with Gasteiger partial charge in [-0.3, -0.25) is 9.59 Å². The molecule has 1 unspecified atom stereocenters. The first-order chi connectivity index (χ1) is 16.7. The first-order valence-corrected chi connectivity index (χ1v) is 11.9. The smallest absolute Gasteiger partial charge is 0.416 e. The predicted octanol–water partition coefficient (Wildman–Crippen LogP) is 4.62. The van der Waals surface area contributed by atoms with Crippen molar-refractivity contribution in [1.29, 1.82) is 0 Å². The molecule has 0 N–H and O–H groups in total. The van der Waals surface area contributed by atoms with E-state index in [4.69, 9.17) is 21.1 Å². The zero-order valence-electron chi connectivity index (χ0n) is 19.3. The van der Waals surface area contributed by atoms with Crippen molar-refractivity contribution in [2.24, 2.45) is 5.41 Å². The number of carbonyl (C=O) groups excluding carboxylic acids is 1. The molecule has 1 atom stereocenters. The third-order valence-corrected chi connectivity index (χ3v) is 7.24. The number of ether oxygens (including phenoxy) is 2. The second kappa shape index (κ2) is 10.2. The number of hydrogen-bond acceptors (Lipinski definition) is 6. The summed E-state index contributed by atoms with van der Waals surface area (Å²) in [6.07, 6.45) is -0.579. The number of nitrogens with zero attached hydrogens (tertiary/aromatic N) is 3. The van der Waals surface area contributed by atoms with Gasteiger partial charge in [-0.05, 0) is 50.2 Å². The quantitative estimate of drug-likeness (QED) is 0.543. The minimum atomic E-state index is -4.53. The van der Waals surface area contributed by atoms with E-state index in [9.17, 15) is 22.8 Å². The van der Waals surface area contributed by atoms with Crippen LogP contribution >= 0.6 is 11.6 Å². The molecular formula is C24H27ClF3N3O4. The topological polar surface area (TPSA) is 73.7 Å². The number of esters is 1. The molecule has 0 saturated carbocycles. The van der Waals surface area contributed by atoms with Gasteiger partial charge < -0.3 is 14.4 Å². The van der Waals surface area contributed by atoms with Gasteiger partial charge >= 0.3 is 12.1 Å². The van der Waals surface area contributed by atoms with Crippen molar-refractivity contribution in [3.05, 3.63) is 57.0 Å². The second-order valence-corrected chi connectivity index (χ2v) is 9.38. The van der Waals surface area contributed by atoms with E-state index in [1.54, 1.807) is 0 Å². The molecule has 0 amide bonds. The lowest BCUT2D eigenvalue weighted by Gasteiger charge is -2.41. The van der Waals surface area contributed by atoms with E-state index in [0.717, 1.165) is 18.9 Å². The number of aromatic nitrogens is 2. The molecule has 7 nitrogen and oxygen atoms in total. The highest BCUT2D eigenvalue weighted by atomic mass is 35.5. The number of carbonyl (C=O) groups is 1. The van der Waals surface area contributed by atoms with Crippen LogP contribution in [0.3, 0.4) is 0 Å². The number of benzene rings is 1. The van der Waals surface area contributed by atoms with Crippen molar-refractivity contribution in [3.63, 3.8) is 0 Å². The van der Waals surface area contributed by atoms with Crippen molar-refractivity contribution in [2.75, 3.05) is 31.7 Å². The molecular weight excluding hydrogens is 487 g/mol. The molecule has 0 aliphatic carbocycles. The summed E-state index contributed by atoms with van der Waals surface area (Å²) in [6, 6.07) is 5.27. The lowest BCUT2D eigenvalue weighted by atomic mass is 9.73. The Kier molecular flexibility index (Phi) is 7.42. The molecule has 2 saturated heterocycles. The molecule has 2 aliphatic heterocycles. The lowest BCUT2D eigenvalue weighted by molar-refractivity contribution is -0.155. The van der Waals surface area contributed by atoms with Crippen LogP contribution in [-0.2, 0) is 26.9 Å². The first kappa shape index (κ1) is 25.5. The normalized spacial score (nSPS) is 20.5. The van der Waals surface area contributed by atoms with Crippen molar-refractivity contribution in [2.45, 2.75) is 50.9 Å². The highest BCUT2D eigenvalue weighted by Crippen LogP contribution is 2.41. The molecule has 3 heterocycles. The van der Waals surface area contributed by atoms with Gasteiger partial charge in [0.25, 0.3) is 5.56 Å². The van der Waals surface area contributed by atoms with Crippen molar-refractivity contribution in [1.82, 2.24) is 9.78 Å². The largest absolute Gasteiger partial charge is 0.469 e. The molecule has 2 aromatic rings. The van der Waals surface area contributed by atoms with Gasteiger partial charge in [0, 0.05) is 19.7 Å². The summed E-state index contributed by atoms with van der Waals surface area (Å²) in [4.78, 5) is 27.5. The molecule has 35 heavy (non-hydrogen) atoms. The summed E-state index contributed by atoms with van der Waals surface area (Å²) < 4.78 is 52.6. The van der Waals surface area contributed by atoms with Crippen LogP contribution in [0.25, 0.3) is 0 Å². The van der Waals surface area contributed by atoms with Gasteiger partial charge in [-0.1, -0.05) is 29.8 Å². The molecule has 0 radical (unpaired) electrons. The SMILES string of the molecule is COC(=O)C1(Cc2ccccc2C(F)(F)F)CCN(c2cnn(C3CCCCO3)c(=O)c2Cl)CC1. The van der Waals surface area contributed by atoms with Crippen LogP contribution in [0.1, 0.15) is 49.5 Å². The van der Waals surface area contributed by atoms with Gasteiger partial charge in [0.15, 0.2) is 6.23 Å². The standard InChI is InChI=1S/C24H27ClF3N3O4/c1-34-22(33)23(14-16-6-2-3-7-17(16)24(26,27)28)9-11-30(12-10-23)18-15-29-31(21(32)20(18)25)19-8-4-5-13-35-19/h2-3,6-7,15,19H,4-5,8-14H2,1H3. The summed E-state index contributed by atoms with van der Waals surface area (Å²) >= 11 is 6.43. The number of piperidine rings is 1. The average Bonchev–Trinajstić information content (AvgIpc) is 2.86. The van der Waals surface area contributed by atoms with Crippen LogP contribution in [0, 0.1) is 5.41 Å². The third kappa shape index (κ3) is 5.18. The van der Waals surface area contributed by atoms with Crippen LogP contribution in [-0.4, -0.2) is 42.6 Å². The third-order valence-electron chi connectivity index (χ3n) is 6.88. The van der Waals surface area contributed by atoms with E-state index in [-0.39, 0.29) is 29.8 Å². The van der Waals surface area contributed by atoms with Crippen LogP contribution in [0.5, 0.6) is 0 Å². The second-order valence-electron chi connectivity index (χ2n) is 9.01. The fraction of sp³-hybridized carbons (Fsp3) is 0.542. The van der Waals surface area contributed by atoms with Crippen LogP contribution in [0.15, 0.2) is 35.3 Å². The number of halogens is 4. The van der Waals surface area contributed by atoms with Crippen LogP contribution in [0.2, 0.25) is 5.02 Å². The fourth-order valence-electron chi connectivity index (χ4n) is 4.94. The Morgan fingerprint density at radius 1 is 1.26 bits per heavy atom. The highest BCUT2D eigenvalue weighted by Gasteiger charge is 2.45. The zero-order valence-corrected chi connectivity index (χ0v) is 20.1. The van der Waals surface area contributed by atoms with Gasteiger partial charge in [-0.15, -0.1) is 0 Å². The lowest BCUT2D eigenvalue weighted by Crippen LogP contribution is -2.47. The Labute approximate surface area is 205 Å². The van der Waals surface area contributed by atoms with E-state index < -0.39 is 34.9 Å². The molecule has 11 heteroatoms. The summed E-state index contributed by atoms with van der Waals surface area (Å²) in [5.74, 6) is -0.553. The summed E-state index contributed by atoms with van der Waals surface area (Å²) in [7, 11) is 1.24. The van der Waals surface area contributed by atoms with E-state index in [0.29, 0.717) is 31.8 Å². The fourth-order valence-corrected chi connectivity index (χ4v) is 5.19. The van der Waals surface area contributed by atoms with Gasteiger partial charge in [0.2, 0.25) is 0 Å².